The van der Waals surface area contributed by atoms with Gasteiger partial charge in [-0.1, -0.05) is 24.6 Å². The molecule has 35 heavy (non-hydrogen) atoms. The molecule has 0 atom stereocenters. The van der Waals surface area contributed by atoms with E-state index in [4.69, 9.17) is 4.74 Å². The van der Waals surface area contributed by atoms with E-state index >= 15 is 0 Å². The lowest BCUT2D eigenvalue weighted by atomic mass is 9.62. The monoisotopic (exact) mass is 486 g/mol. The van der Waals surface area contributed by atoms with Crippen LogP contribution < -0.4 is 10.1 Å². The lowest BCUT2D eigenvalue weighted by Gasteiger charge is -2.44. The molecule has 0 radical (unpaired) electrons. The minimum atomic E-state index is -4.69. The van der Waals surface area contributed by atoms with Gasteiger partial charge >= 0.3 is 6.18 Å². The molecule has 0 bridgehead atoms. The van der Waals surface area contributed by atoms with Gasteiger partial charge in [-0.05, 0) is 81.2 Å². The van der Waals surface area contributed by atoms with Gasteiger partial charge in [0.15, 0.2) is 5.69 Å². The molecule has 4 rings (SSSR count). The highest BCUT2D eigenvalue weighted by atomic mass is 19.4. The lowest BCUT2D eigenvalue weighted by molar-refractivity contribution is -0.141. The molecule has 1 aromatic heterocycles. The summed E-state index contributed by atoms with van der Waals surface area (Å²) in [5, 5.41) is 6.58. The molecule has 6 nitrogen and oxygen atoms in total. The highest BCUT2D eigenvalue weighted by Gasteiger charge is 2.40. The van der Waals surface area contributed by atoms with E-state index in [1.807, 2.05) is 38.4 Å². The molecule has 3 aromatic rings. The third-order valence-electron chi connectivity index (χ3n) is 6.64. The predicted octanol–water partition coefficient (Wildman–Crippen LogP) is 5.53. The van der Waals surface area contributed by atoms with Crippen LogP contribution in [-0.2, 0) is 11.6 Å². The number of hydrogen-bond acceptors (Lipinski definition) is 4. The molecule has 1 fully saturated rings. The summed E-state index contributed by atoms with van der Waals surface area (Å²) in [6, 6.07) is 14.7. The van der Waals surface area contributed by atoms with Crippen molar-refractivity contribution in [1.29, 1.82) is 0 Å². The van der Waals surface area contributed by atoms with Gasteiger partial charge in [-0.25, -0.2) is 4.68 Å². The van der Waals surface area contributed by atoms with Crippen molar-refractivity contribution in [2.45, 2.75) is 37.3 Å². The molecular weight excluding hydrogens is 457 g/mol. The molecule has 1 aliphatic rings. The van der Waals surface area contributed by atoms with E-state index in [0.29, 0.717) is 17.1 Å². The fourth-order valence-corrected chi connectivity index (χ4v) is 4.54. The summed E-state index contributed by atoms with van der Waals surface area (Å²) in [5.74, 6) is -0.112. The minimum absolute atomic E-state index is 0.0541. The van der Waals surface area contributed by atoms with Crippen molar-refractivity contribution in [3.05, 3.63) is 71.5 Å². The number of methoxy groups -OCH3 is 1. The topological polar surface area (TPSA) is 59.4 Å². The number of alkyl halides is 3. The normalized spacial score (nSPS) is 15.1. The number of para-hydroxylation sites is 1. The van der Waals surface area contributed by atoms with Crippen LogP contribution in [0.15, 0.2) is 54.6 Å². The first-order chi connectivity index (χ1) is 16.6. The summed E-state index contributed by atoms with van der Waals surface area (Å²) >= 11 is 0. The van der Waals surface area contributed by atoms with Gasteiger partial charge in [-0.3, -0.25) is 4.79 Å². The molecule has 0 spiro atoms. The molecule has 0 aliphatic heterocycles. The average molecular weight is 487 g/mol. The molecular formula is C26H29F3N4O2. The molecule has 1 N–H and O–H groups in total. The number of carbonyl (C=O) groups is 1. The number of amides is 1. The summed E-state index contributed by atoms with van der Waals surface area (Å²) in [6.45, 7) is 0.904. The fourth-order valence-electron chi connectivity index (χ4n) is 4.54. The Hall–Kier alpha value is -3.33. The van der Waals surface area contributed by atoms with Crippen molar-refractivity contribution in [1.82, 2.24) is 14.7 Å². The molecule has 1 amide bonds. The summed E-state index contributed by atoms with van der Waals surface area (Å²) in [6.07, 6.45) is -0.623. The summed E-state index contributed by atoms with van der Waals surface area (Å²) < 4.78 is 46.6. The quantitative estimate of drug-likeness (QED) is 0.455. The van der Waals surface area contributed by atoms with Gasteiger partial charge in [0.2, 0.25) is 0 Å². The first-order valence-electron chi connectivity index (χ1n) is 11.5. The molecule has 0 saturated heterocycles. The predicted molar refractivity (Wildman–Crippen MR) is 128 cm³/mol. The molecule has 9 heteroatoms. The number of aromatic nitrogens is 2. The summed E-state index contributed by atoms with van der Waals surface area (Å²) in [7, 11) is 5.55. The lowest BCUT2D eigenvalue weighted by Crippen LogP contribution is -2.38. The van der Waals surface area contributed by atoms with E-state index in [0.717, 1.165) is 48.5 Å². The Kier molecular flexibility index (Phi) is 6.89. The van der Waals surface area contributed by atoms with Crippen LogP contribution in [0.4, 0.5) is 18.9 Å². The van der Waals surface area contributed by atoms with E-state index < -0.39 is 17.8 Å². The van der Waals surface area contributed by atoms with Crippen LogP contribution in [0.1, 0.15) is 47.4 Å². The Labute approximate surface area is 202 Å². The van der Waals surface area contributed by atoms with Gasteiger partial charge in [-0.15, -0.1) is 0 Å². The second-order valence-electron chi connectivity index (χ2n) is 9.21. The minimum Gasteiger partial charge on any atom is -0.497 e. The van der Waals surface area contributed by atoms with Gasteiger partial charge in [0.1, 0.15) is 11.4 Å². The van der Waals surface area contributed by atoms with Crippen LogP contribution in [0.3, 0.4) is 0 Å². The first kappa shape index (κ1) is 24.8. The number of anilines is 1. The number of carbonyl (C=O) groups excluding carboxylic acids is 1. The van der Waals surface area contributed by atoms with Gasteiger partial charge < -0.3 is 15.0 Å². The Morgan fingerprint density at radius 3 is 2.40 bits per heavy atom. The van der Waals surface area contributed by atoms with Gasteiger partial charge in [0, 0.05) is 11.8 Å². The molecule has 1 saturated carbocycles. The van der Waals surface area contributed by atoms with E-state index in [1.165, 1.54) is 7.11 Å². The van der Waals surface area contributed by atoms with Crippen LogP contribution in [0.2, 0.25) is 0 Å². The smallest absolute Gasteiger partial charge is 0.435 e. The van der Waals surface area contributed by atoms with Crippen molar-refractivity contribution in [3.63, 3.8) is 0 Å². The van der Waals surface area contributed by atoms with E-state index in [9.17, 15) is 18.0 Å². The number of rotatable bonds is 8. The molecule has 1 aliphatic carbocycles. The number of nitrogens with one attached hydrogen (secondary N) is 1. The third kappa shape index (κ3) is 5.19. The molecule has 2 aromatic carbocycles. The second kappa shape index (κ2) is 9.73. The van der Waals surface area contributed by atoms with Crippen LogP contribution in [0.5, 0.6) is 5.75 Å². The van der Waals surface area contributed by atoms with E-state index in [1.54, 1.807) is 24.3 Å². The molecule has 186 valence electrons. The van der Waals surface area contributed by atoms with Gasteiger partial charge in [-0.2, -0.15) is 18.3 Å². The fraction of sp³-hybridized carbons (Fsp3) is 0.385. The molecule has 1 heterocycles. The maximum atomic E-state index is 13.5. The summed E-state index contributed by atoms with van der Waals surface area (Å²) in [4.78, 5) is 15.5. The number of hydrogen-bond donors (Lipinski definition) is 1. The number of ether oxygens (including phenoxy) is 1. The molecule has 0 unspecified atom stereocenters. The maximum Gasteiger partial charge on any atom is 0.435 e. The maximum absolute atomic E-state index is 13.5. The zero-order valence-electron chi connectivity index (χ0n) is 20.0. The van der Waals surface area contributed by atoms with Crippen molar-refractivity contribution < 1.29 is 22.7 Å². The Morgan fingerprint density at radius 1 is 1.14 bits per heavy atom. The third-order valence-corrected chi connectivity index (χ3v) is 6.64. The second-order valence-corrected chi connectivity index (χ2v) is 9.21. The van der Waals surface area contributed by atoms with Crippen molar-refractivity contribution in [2.75, 3.05) is 33.1 Å². The number of nitrogens with zero attached hydrogens (tertiary/aromatic N) is 3. The highest BCUT2D eigenvalue weighted by molar-refractivity contribution is 6.04. The van der Waals surface area contributed by atoms with Crippen LogP contribution in [0.25, 0.3) is 5.69 Å². The average Bonchev–Trinajstić information content (AvgIpc) is 3.25. The Bertz CT molecular complexity index is 1180. The Balaban J connectivity index is 1.69. The number of halogens is 3. The highest BCUT2D eigenvalue weighted by Crippen LogP contribution is 2.49. The SMILES string of the molecule is COc1ccc(-n2nc(C(F)(F)F)cc2C(=O)Nc2ccccc2C2(CCN(C)C)CCC2)cc1. The van der Waals surface area contributed by atoms with Gasteiger partial charge in [0.05, 0.1) is 12.8 Å². The van der Waals surface area contributed by atoms with E-state index in [-0.39, 0.29) is 11.1 Å². The van der Waals surface area contributed by atoms with E-state index in [2.05, 4.69) is 15.3 Å². The van der Waals surface area contributed by atoms with Crippen LogP contribution in [-0.4, -0.2) is 48.3 Å². The van der Waals surface area contributed by atoms with Crippen molar-refractivity contribution in [3.8, 4) is 11.4 Å². The standard InChI is InChI=1S/C26H29F3N4O2/c1-32(2)16-15-25(13-6-14-25)20-7-4-5-8-21(20)30-24(34)22-17-23(26(27,28)29)31-33(22)18-9-11-19(35-3)12-10-18/h4-5,7-12,17H,6,13-16H2,1-3H3,(H,30,34). The largest absolute Gasteiger partial charge is 0.497 e. The zero-order valence-corrected chi connectivity index (χ0v) is 20.0. The van der Waals surface area contributed by atoms with Crippen molar-refractivity contribution in [2.24, 2.45) is 0 Å². The Morgan fingerprint density at radius 2 is 1.83 bits per heavy atom. The van der Waals surface area contributed by atoms with Gasteiger partial charge in [0.25, 0.3) is 5.91 Å². The van der Waals surface area contributed by atoms with Crippen molar-refractivity contribution >= 4 is 11.6 Å². The van der Waals surface area contributed by atoms with Crippen LogP contribution in [0, 0.1) is 0 Å². The first-order valence-corrected chi connectivity index (χ1v) is 11.5. The zero-order chi connectivity index (χ0) is 25.2. The van der Waals surface area contributed by atoms with Crippen LogP contribution >= 0.6 is 0 Å². The number of benzene rings is 2. The summed E-state index contributed by atoms with van der Waals surface area (Å²) in [5.41, 5.74) is 0.573.